The van der Waals surface area contributed by atoms with E-state index in [2.05, 4.69) is 4.98 Å². The summed E-state index contributed by atoms with van der Waals surface area (Å²) in [5.41, 5.74) is 7.43. The molecule has 0 saturated carbocycles. The molecule has 3 N–H and O–H groups in total. The summed E-state index contributed by atoms with van der Waals surface area (Å²) in [5, 5.41) is 10.1. The molecule has 2 aromatic rings. The highest BCUT2D eigenvalue weighted by Gasteiger charge is 2.10. The van der Waals surface area contributed by atoms with Crippen LogP contribution >= 0.6 is 0 Å². The number of para-hydroxylation sites is 1. The number of rotatable bonds is 3. The molecular formula is C12H14N2O2. The van der Waals surface area contributed by atoms with Gasteiger partial charge in [-0.1, -0.05) is 18.2 Å². The lowest BCUT2D eigenvalue weighted by Gasteiger charge is -2.11. The molecule has 0 fully saturated rings. The molecule has 0 aliphatic heterocycles. The van der Waals surface area contributed by atoms with Crippen molar-refractivity contribution in [1.82, 2.24) is 4.98 Å². The van der Waals surface area contributed by atoms with E-state index in [-0.39, 0.29) is 6.61 Å². The summed E-state index contributed by atoms with van der Waals surface area (Å²) in [6.07, 6.45) is 0. The summed E-state index contributed by atoms with van der Waals surface area (Å²) < 4.78 is 5.08. The molecule has 2 rings (SSSR count). The van der Waals surface area contributed by atoms with Gasteiger partial charge >= 0.3 is 0 Å². The molecule has 0 aliphatic rings. The molecule has 0 bridgehead atoms. The average molecular weight is 218 g/mol. The molecule has 0 spiro atoms. The maximum absolute atomic E-state index is 9.09. The topological polar surface area (TPSA) is 68.4 Å². The maximum Gasteiger partial charge on any atom is 0.213 e. The molecule has 1 heterocycles. The molecule has 1 unspecified atom stereocenters. The molecule has 84 valence electrons. The summed E-state index contributed by atoms with van der Waals surface area (Å²) in [6.45, 7) is -0.0992. The van der Waals surface area contributed by atoms with Crippen LogP contribution in [0.2, 0.25) is 0 Å². The molecule has 4 nitrogen and oxygen atoms in total. The third-order valence-corrected chi connectivity index (χ3v) is 2.53. The monoisotopic (exact) mass is 218 g/mol. The average Bonchev–Trinajstić information content (AvgIpc) is 2.36. The van der Waals surface area contributed by atoms with Gasteiger partial charge in [-0.05, 0) is 11.6 Å². The predicted octanol–water partition coefficient (Wildman–Crippen LogP) is 1.24. The van der Waals surface area contributed by atoms with Gasteiger partial charge < -0.3 is 15.6 Å². The second-order valence-electron chi connectivity index (χ2n) is 3.56. The van der Waals surface area contributed by atoms with Gasteiger partial charge in [-0.2, -0.15) is 0 Å². The minimum absolute atomic E-state index is 0.0992. The van der Waals surface area contributed by atoms with Crippen LogP contribution in [0, 0.1) is 0 Å². The van der Waals surface area contributed by atoms with E-state index in [0.29, 0.717) is 5.88 Å². The minimum Gasteiger partial charge on any atom is -0.481 e. The second kappa shape index (κ2) is 4.47. The first-order chi connectivity index (χ1) is 7.76. The molecule has 1 aromatic carbocycles. The number of hydrogen-bond acceptors (Lipinski definition) is 4. The lowest BCUT2D eigenvalue weighted by atomic mass is 10.0. The van der Waals surface area contributed by atoms with Crippen molar-refractivity contribution < 1.29 is 9.84 Å². The highest BCUT2D eigenvalue weighted by molar-refractivity contribution is 5.82. The highest BCUT2D eigenvalue weighted by atomic mass is 16.5. The van der Waals surface area contributed by atoms with Crippen LogP contribution in [0.4, 0.5) is 0 Å². The SMILES string of the molecule is COc1ccc2cccc(C(N)CO)c2n1. The number of fused-ring (bicyclic) bond motifs is 1. The van der Waals surface area contributed by atoms with Gasteiger partial charge in [-0.15, -0.1) is 0 Å². The molecule has 0 amide bonds. The fourth-order valence-electron chi connectivity index (χ4n) is 1.66. The van der Waals surface area contributed by atoms with Crippen LogP contribution in [0.5, 0.6) is 5.88 Å². The van der Waals surface area contributed by atoms with Gasteiger partial charge in [0.1, 0.15) is 0 Å². The van der Waals surface area contributed by atoms with Crippen LogP contribution in [0.15, 0.2) is 30.3 Å². The molecule has 0 aliphatic carbocycles. The van der Waals surface area contributed by atoms with Crippen molar-refractivity contribution in [3.8, 4) is 5.88 Å². The number of benzene rings is 1. The van der Waals surface area contributed by atoms with Crippen LogP contribution in [-0.4, -0.2) is 23.8 Å². The normalized spacial score (nSPS) is 12.7. The Kier molecular flexibility index (Phi) is 3.03. The first-order valence-electron chi connectivity index (χ1n) is 5.06. The zero-order valence-electron chi connectivity index (χ0n) is 9.05. The fraction of sp³-hybridized carbons (Fsp3) is 0.250. The zero-order chi connectivity index (χ0) is 11.5. The first-order valence-corrected chi connectivity index (χ1v) is 5.06. The van der Waals surface area contributed by atoms with Crippen LogP contribution in [-0.2, 0) is 0 Å². The number of nitrogens with two attached hydrogens (primary N) is 1. The first kappa shape index (κ1) is 10.9. The summed E-state index contributed by atoms with van der Waals surface area (Å²) >= 11 is 0. The Hall–Kier alpha value is -1.65. The molecule has 4 heteroatoms. The van der Waals surface area contributed by atoms with Crippen molar-refractivity contribution in [2.24, 2.45) is 5.73 Å². The van der Waals surface area contributed by atoms with Gasteiger partial charge in [0.25, 0.3) is 0 Å². The maximum atomic E-state index is 9.09. The third kappa shape index (κ3) is 1.85. The van der Waals surface area contributed by atoms with E-state index < -0.39 is 6.04 Å². The van der Waals surface area contributed by atoms with E-state index >= 15 is 0 Å². The van der Waals surface area contributed by atoms with Gasteiger partial charge in [-0.3, -0.25) is 0 Å². The number of methoxy groups -OCH3 is 1. The van der Waals surface area contributed by atoms with Crippen molar-refractivity contribution in [2.75, 3.05) is 13.7 Å². The van der Waals surface area contributed by atoms with E-state index in [1.807, 2.05) is 24.3 Å². The van der Waals surface area contributed by atoms with E-state index in [9.17, 15) is 0 Å². The molecule has 1 aromatic heterocycles. The van der Waals surface area contributed by atoms with Crippen molar-refractivity contribution in [3.63, 3.8) is 0 Å². The highest BCUT2D eigenvalue weighted by Crippen LogP contribution is 2.23. The predicted molar refractivity (Wildman–Crippen MR) is 62.3 cm³/mol. The Morgan fingerprint density at radius 3 is 2.88 bits per heavy atom. The van der Waals surface area contributed by atoms with Crippen molar-refractivity contribution in [2.45, 2.75) is 6.04 Å². The molecule has 0 saturated heterocycles. The Bertz CT molecular complexity index is 499. The van der Waals surface area contributed by atoms with Crippen molar-refractivity contribution in [1.29, 1.82) is 0 Å². The van der Waals surface area contributed by atoms with Crippen LogP contribution in [0.25, 0.3) is 10.9 Å². The van der Waals surface area contributed by atoms with Crippen LogP contribution in [0.1, 0.15) is 11.6 Å². The standard InChI is InChI=1S/C12H14N2O2/c1-16-11-6-5-8-3-2-4-9(10(13)7-15)12(8)14-11/h2-6,10,15H,7,13H2,1H3. The summed E-state index contributed by atoms with van der Waals surface area (Å²) in [6, 6.07) is 9.04. The number of pyridine rings is 1. The van der Waals surface area contributed by atoms with E-state index in [1.54, 1.807) is 13.2 Å². The van der Waals surface area contributed by atoms with Crippen LogP contribution < -0.4 is 10.5 Å². The summed E-state index contributed by atoms with van der Waals surface area (Å²) in [4.78, 5) is 4.35. The second-order valence-corrected chi connectivity index (χ2v) is 3.56. The van der Waals surface area contributed by atoms with Gasteiger partial charge in [0.15, 0.2) is 0 Å². The summed E-state index contributed by atoms with van der Waals surface area (Å²) in [7, 11) is 1.57. The van der Waals surface area contributed by atoms with Gasteiger partial charge in [-0.25, -0.2) is 4.98 Å². The largest absolute Gasteiger partial charge is 0.481 e. The van der Waals surface area contributed by atoms with Gasteiger partial charge in [0.2, 0.25) is 5.88 Å². The molecular weight excluding hydrogens is 204 g/mol. The van der Waals surface area contributed by atoms with Gasteiger partial charge in [0.05, 0.1) is 25.3 Å². The third-order valence-electron chi connectivity index (χ3n) is 2.53. The van der Waals surface area contributed by atoms with Crippen molar-refractivity contribution >= 4 is 10.9 Å². The van der Waals surface area contributed by atoms with E-state index in [0.717, 1.165) is 16.5 Å². The lowest BCUT2D eigenvalue weighted by molar-refractivity contribution is 0.268. The van der Waals surface area contributed by atoms with Gasteiger partial charge in [0, 0.05) is 11.5 Å². The van der Waals surface area contributed by atoms with Crippen molar-refractivity contribution in [3.05, 3.63) is 35.9 Å². The molecule has 16 heavy (non-hydrogen) atoms. The number of nitrogens with zero attached hydrogens (tertiary/aromatic N) is 1. The Morgan fingerprint density at radius 1 is 1.38 bits per heavy atom. The Labute approximate surface area is 93.7 Å². The summed E-state index contributed by atoms with van der Waals surface area (Å²) in [5.74, 6) is 0.546. The molecule has 1 atom stereocenters. The number of aliphatic hydroxyl groups excluding tert-OH is 1. The van der Waals surface area contributed by atoms with E-state index in [4.69, 9.17) is 15.6 Å². The van der Waals surface area contributed by atoms with Crippen LogP contribution in [0.3, 0.4) is 0 Å². The number of aromatic nitrogens is 1. The Balaban J connectivity index is 2.64. The number of hydrogen-bond donors (Lipinski definition) is 2. The number of aliphatic hydroxyl groups is 1. The molecule has 0 radical (unpaired) electrons. The lowest BCUT2D eigenvalue weighted by Crippen LogP contribution is -2.15. The van der Waals surface area contributed by atoms with E-state index in [1.165, 1.54) is 0 Å². The smallest absolute Gasteiger partial charge is 0.213 e. The Morgan fingerprint density at radius 2 is 2.19 bits per heavy atom. The minimum atomic E-state index is -0.414. The zero-order valence-corrected chi connectivity index (χ0v) is 9.05. The fourth-order valence-corrected chi connectivity index (χ4v) is 1.66. The quantitative estimate of drug-likeness (QED) is 0.813. The number of ether oxygens (including phenoxy) is 1.